The van der Waals surface area contributed by atoms with Crippen molar-refractivity contribution in [2.45, 2.75) is 6.04 Å². The van der Waals surface area contributed by atoms with Gasteiger partial charge in [0.1, 0.15) is 13.2 Å². The van der Waals surface area contributed by atoms with Crippen LogP contribution in [0, 0.1) is 0 Å². The summed E-state index contributed by atoms with van der Waals surface area (Å²) in [5, 5.41) is 20.1. The fourth-order valence-corrected chi connectivity index (χ4v) is 3.68. The number of nitrogens with zero attached hydrogens (tertiary/aromatic N) is 1. The van der Waals surface area contributed by atoms with Gasteiger partial charge in [-0.15, -0.1) is 0 Å². The van der Waals surface area contributed by atoms with Crippen molar-refractivity contribution < 1.29 is 32.0 Å². The van der Waals surface area contributed by atoms with Crippen molar-refractivity contribution in [2.75, 3.05) is 13.2 Å². The smallest absolute Gasteiger partial charge is 0.418 e. The Hall–Kier alpha value is -3.49. The number of aliphatic hydroxyl groups is 2. The Bertz CT molecular complexity index is 1100. The summed E-state index contributed by atoms with van der Waals surface area (Å²) in [6, 6.07) is 34.3. The third-order valence-electron chi connectivity index (χ3n) is 5.14. The fraction of sp³-hybridized carbons (Fsp3) is 0.115. The highest BCUT2D eigenvalue weighted by atomic mass is 19.5. The maximum atomic E-state index is 10.0. The average molecular weight is 469 g/mol. The molecule has 3 nitrogen and oxygen atoms in total. The molecule has 0 saturated heterocycles. The number of pyridine rings is 1. The van der Waals surface area contributed by atoms with Crippen molar-refractivity contribution in [3.8, 4) is 33.6 Å². The number of rotatable bonds is 6. The predicted octanol–water partition coefficient (Wildman–Crippen LogP) is 5.80. The van der Waals surface area contributed by atoms with E-state index in [1.54, 1.807) is 0 Å². The third kappa shape index (κ3) is 6.76. The highest BCUT2D eigenvalue weighted by molar-refractivity contribution is 6.50. The molecule has 0 saturated carbocycles. The summed E-state index contributed by atoms with van der Waals surface area (Å²) in [6.45, 7) is -0.295. The lowest BCUT2D eigenvalue weighted by atomic mass is 9.98. The summed E-state index contributed by atoms with van der Waals surface area (Å²) in [6.07, 6.45) is 0. The monoisotopic (exact) mass is 469 g/mol. The molecule has 1 heterocycles. The molecule has 2 N–H and O–H groups in total. The lowest BCUT2D eigenvalue weighted by molar-refractivity contribution is -0.705. The van der Waals surface area contributed by atoms with Gasteiger partial charge in [-0.1, -0.05) is 66.7 Å². The number of aliphatic hydroxyl groups excluding tert-OH is 2. The van der Waals surface area contributed by atoms with Crippen LogP contribution in [0.4, 0.5) is 17.3 Å². The van der Waals surface area contributed by atoms with Crippen molar-refractivity contribution >= 4 is 7.25 Å². The van der Waals surface area contributed by atoms with Crippen molar-refractivity contribution in [1.82, 2.24) is 0 Å². The maximum absolute atomic E-state index is 10.0. The molecule has 0 atom stereocenters. The first-order valence-corrected chi connectivity index (χ1v) is 10.7. The number of aromatic nitrogens is 1. The van der Waals surface area contributed by atoms with Crippen molar-refractivity contribution in [3.63, 3.8) is 0 Å². The van der Waals surface area contributed by atoms with E-state index in [0.717, 1.165) is 33.6 Å². The van der Waals surface area contributed by atoms with Crippen molar-refractivity contribution in [1.29, 1.82) is 0 Å². The molecule has 0 aliphatic rings. The first-order valence-electron chi connectivity index (χ1n) is 10.7. The zero-order valence-electron chi connectivity index (χ0n) is 18.2. The van der Waals surface area contributed by atoms with Crippen LogP contribution in [-0.4, -0.2) is 30.7 Å². The van der Waals surface area contributed by atoms with Crippen LogP contribution < -0.4 is 4.57 Å². The van der Waals surface area contributed by atoms with E-state index < -0.39 is 13.3 Å². The molecule has 0 radical (unpaired) electrons. The van der Waals surface area contributed by atoms with E-state index in [1.807, 2.05) is 54.6 Å². The van der Waals surface area contributed by atoms with E-state index in [0.29, 0.717) is 0 Å². The zero-order chi connectivity index (χ0) is 24.6. The number of hydrogen-bond acceptors (Lipinski definition) is 2. The molecule has 0 unspecified atom stereocenters. The van der Waals surface area contributed by atoms with E-state index >= 15 is 0 Å². The summed E-state index contributed by atoms with van der Waals surface area (Å²) < 4.78 is 41.1. The zero-order valence-corrected chi connectivity index (χ0v) is 18.2. The Morgan fingerprint density at radius 1 is 0.559 bits per heavy atom. The molecule has 0 spiro atoms. The van der Waals surface area contributed by atoms with Gasteiger partial charge >= 0.3 is 7.25 Å². The van der Waals surface area contributed by atoms with Crippen LogP contribution in [0.5, 0.6) is 0 Å². The third-order valence-corrected chi connectivity index (χ3v) is 5.14. The van der Waals surface area contributed by atoms with Gasteiger partial charge in [-0.3, -0.25) is 0 Å². The van der Waals surface area contributed by atoms with Crippen LogP contribution in [0.15, 0.2) is 103 Å². The van der Waals surface area contributed by atoms with Crippen LogP contribution in [0.3, 0.4) is 0 Å². The highest BCUT2D eigenvalue weighted by Gasteiger charge is 2.29. The van der Waals surface area contributed by atoms with Crippen molar-refractivity contribution in [3.05, 3.63) is 103 Å². The summed E-state index contributed by atoms with van der Waals surface area (Å²) in [5.41, 5.74) is 6.20. The van der Waals surface area contributed by atoms with Gasteiger partial charge < -0.3 is 27.5 Å². The standard InChI is InChI=1S/C26H24NO2.BF4/c28-18-24(19-29)27-25(21-12-6-2-7-13-21)16-23(20-10-4-1-5-11-20)17-26(27)22-14-8-3-9-15-22;2-1(3,4)5/h1-17,24,28-29H,18-19H2;/q+1;-1. The first kappa shape index (κ1) is 25.1. The summed E-state index contributed by atoms with van der Waals surface area (Å²) >= 11 is 0. The van der Waals surface area contributed by atoms with Crippen LogP contribution >= 0.6 is 0 Å². The number of hydrogen-bond donors (Lipinski definition) is 2. The molecular weight excluding hydrogens is 445 g/mol. The van der Waals surface area contributed by atoms with E-state index in [1.165, 1.54) is 0 Å². The Morgan fingerprint density at radius 2 is 0.882 bits per heavy atom. The molecular formula is C26H24BF4NO2. The highest BCUT2D eigenvalue weighted by Crippen LogP contribution is 2.30. The minimum Gasteiger partial charge on any atom is -0.418 e. The summed E-state index contributed by atoms with van der Waals surface area (Å²) in [5.74, 6) is 0. The van der Waals surface area contributed by atoms with Gasteiger partial charge in [0, 0.05) is 23.3 Å². The minimum absolute atomic E-state index is 0.147. The molecule has 0 bridgehead atoms. The van der Waals surface area contributed by atoms with E-state index in [4.69, 9.17) is 0 Å². The summed E-state index contributed by atoms with van der Waals surface area (Å²) in [4.78, 5) is 0. The molecule has 1 aromatic heterocycles. The van der Waals surface area contributed by atoms with Crippen molar-refractivity contribution in [2.24, 2.45) is 0 Å². The molecule has 0 aliphatic carbocycles. The molecule has 4 aromatic rings. The van der Waals surface area contributed by atoms with Gasteiger partial charge in [0.15, 0.2) is 0 Å². The fourth-order valence-electron chi connectivity index (χ4n) is 3.68. The Balaban J connectivity index is 0.000000588. The maximum Gasteiger partial charge on any atom is 0.673 e. The van der Waals surface area contributed by atoms with E-state index in [-0.39, 0.29) is 13.2 Å². The SMILES string of the molecule is F[B-](F)(F)F.OCC(CO)[n+]1c(-c2ccccc2)cc(-c2ccccc2)cc1-c1ccccc1. The molecule has 34 heavy (non-hydrogen) atoms. The van der Waals surface area contributed by atoms with E-state index in [9.17, 15) is 27.5 Å². The van der Waals surface area contributed by atoms with Crippen LogP contribution in [0.1, 0.15) is 6.04 Å². The first-order chi connectivity index (χ1) is 16.3. The normalized spacial score (nSPS) is 11.1. The van der Waals surface area contributed by atoms with E-state index in [2.05, 4.69) is 53.1 Å². The Morgan fingerprint density at radius 3 is 1.21 bits per heavy atom. The van der Waals surface area contributed by atoms with Crippen LogP contribution in [0.2, 0.25) is 0 Å². The Labute approximate surface area is 195 Å². The molecule has 0 fully saturated rings. The largest absolute Gasteiger partial charge is 0.673 e. The summed E-state index contributed by atoms with van der Waals surface area (Å²) in [7, 11) is -6.00. The second-order valence-corrected chi connectivity index (χ2v) is 7.50. The molecule has 3 aromatic carbocycles. The van der Waals surface area contributed by atoms with Crippen LogP contribution in [-0.2, 0) is 0 Å². The molecule has 0 aliphatic heterocycles. The predicted molar refractivity (Wildman–Crippen MR) is 126 cm³/mol. The number of halogens is 4. The topological polar surface area (TPSA) is 44.3 Å². The van der Waals surface area contributed by atoms with Gasteiger partial charge in [0.05, 0.1) is 0 Å². The molecule has 0 amide bonds. The molecule has 8 heteroatoms. The second-order valence-electron chi connectivity index (χ2n) is 7.50. The van der Waals surface area contributed by atoms with Crippen LogP contribution in [0.25, 0.3) is 33.6 Å². The molecule has 4 rings (SSSR count). The van der Waals surface area contributed by atoms with Gasteiger partial charge in [-0.05, 0) is 35.4 Å². The Kier molecular flexibility index (Phi) is 8.57. The lowest BCUT2D eigenvalue weighted by Crippen LogP contribution is -2.47. The van der Waals surface area contributed by atoms with Gasteiger partial charge in [0.2, 0.25) is 17.4 Å². The quantitative estimate of drug-likeness (QED) is 0.213. The van der Waals surface area contributed by atoms with Gasteiger partial charge in [-0.25, -0.2) is 0 Å². The minimum atomic E-state index is -6.00. The van der Waals surface area contributed by atoms with Gasteiger partial charge in [0.25, 0.3) is 0 Å². The van der Waals surface area contributed by atoms with Gasteiger partial charge in [-0.2, -0.15) is 4.57 Å². The number of benzene rings is 3. The lowest BCUT2D eigenvalue weighted by Gasteiger charge is -2.17. The average Bonchev–Trinajstić information content (AvgIpc) is 2.85. The molecule has 176 valence electrons. The second kappa shape index (κ2) is 11.6.